The summed E-state index contributed by atoms with van der Waals surface area (Å²) in [5.74, 6) is -1.04. The third-order valence-electron chi connectivity index (χ3n) is 3.28. The summed E-state index contributed by atoms with van der Waals surface area (Å²) in [5.41, 5.74) is 1.43. The maximum atomic E-state index is 11.4. The van der Waals surface area contributed by atoms with Crippen LogP contribution in [0.25, 0.3) is 10.9 Å². The first-order chi connectivity index (χ1) is 9.27. The molecule has 1 aromatic heterocycles. The van der Waals surface area contributed by atoms with Gasteiger partial charge in [-0.05, 0) is 6.07 Å². The van der Waals surface area contributed by atoms with E-state index in [9.17, 15) is 9.90 Å². The molecule has 6 heteroatoms. The van der Waals surface area contributed by atoms with Crippen molar-refractivity contribution in [2.75, 3.05) is 31.1 Å². The predicted molar refractivity (Wildman–Crippen MR) is 71.6 cm³/mol. The molecule has 0 bridgehead atoms. The van der Waals surface area contributed by atoms with Gasteiger partial charge >= 0.3 is 5.97 Å². The Bertz CT molecular complexity index is 623. The van der Waals surface area contributed by atoms with Gasteiger partial charge in [0.15, 0.2) is 5.69 Å². The number of rotatable bonds is 2. The second-order valence-corrected chi connectivity index (χ2v) is 4.46. The maximum Gasteiger partial charge on any atom is 0.358 e. The number of benzene rings is 1. The molecule has 0 radical (unpaired) electrons. The molecule has 0 atom stereocenters. The molecule has 2 heterocycles. The Kier molecular flexibility index (Phi) is 3.00. The Morgan fingerprint density at radius 2 is 1.95 bits per heavy atom. The van der Waals surface area contributed by atoms with Gasteiger partial charge in [-0.15, -0.1) is 10.2 Å². The van der Waals surface area contributed by atoms with Crippen LogP contribution >= 0.6 is 0 Å². The molecule has 1 fully saturated rings. The molecule has 0 unspecified atom stereocenters. The minimum atomic E-state index is -1.04. The lowest BCUT2D eigenvalue weighted by Crippen LogP contribution is -2.44. The van der Waals surface area contributed by atoms with E-state index >= 15 is 0 Å². The fourth-order valence-electron chi connectivity index (χ4n) is 2.39. The van der Waals surface area contributed by atoms with Gasteiger partial charge in [0, 0.05) is 31.6 Å². The normalized spacial score (nSPS) is 15.7. The summed E-state index contributed by atoms with van der Waals surface area (Å²) in [6.07, 6.45) is 0. The monoisotopic (exact) mass is 258 g/mol. The lowest BCUT2D eigenvalue weighted by molar-refractivity contribution is 0.0690. The summed E-state index contributed by atoms with van der Waals surface area (Å²) in [4.78, 5) is 13.4. The van der Waals surface area contributed by atoms with Crippen molar-refractivity contribution in [1.29, 1.82) is 0 Å². The zero-order chi connectivity index (χ0) is 13.2. The van der Waals surface area contributed by atoms with Crippen molar-refractivity contribution in [2.45, 2.75) is 0 Å². The maximum absolute atomic E-state index is 11.4. The zero-order valence-corrected chi connectivity index (χ0v) is 10.3. The minimum absolute atomic E-state index is 0.0283. The van der Waals surface area contributed by atoms with Gasteiger partial charge in [-0.2, -0.15) is 0 Å². The molecule has 1 aliphatic heterocycles. The smallest absolute Gasteiger partial charge is 0.358 e. The summed E-state index contributed by atoms with van der Waals surface area (Å²) in [7, 11) is 0. The Labute approximate surface area is 110 Å². The molecule has 6 nitrogen and oxygen atoms in total. The second kappa shape index (κ2) is 4.81. The summed E-state index contributed by atoms with van der Waals surface area (Å²) < 4.78 is 0. The number of hydrogen-bond donors (Lipinski definition) is 2. The van der Waals surface area contributed by atoms with Crippen molar-refractivity contribution < 1.29 is 9.90 Å². The number of fused-ring (bicyclic) bond motifs is 1. The van der Waals surface area contributed by atoms with Crippen LogP contribution in [0.4, 0.5) is 5.69 Å². The van der Waals surface area contributed by atoms with Crippen molar-refractivity contribution >= 4 is 22.6 Å². The predicted octanol–water partition coefficient (Wildman–Crippen LogP) is 0.738. The second-order valence-electron chi connectivity index (χ2n) is 4.46. The van der Waals surface area contributed by atoms with Gasteiger partial charge in [-0.25, -0.2) is 4.79 Å². The van der Waals surface area contributed by atoms with Crippen LogP contribution in [0.5, 0.6) is 0 Å². The average Bonchev–Trinajstić information content (AvgIpc) is 2.46. The lowest BCUT2D eigenvalue weighted by Gasteiger charge is -2.30. The van der Waals surface area contributed by atoms with E-state index in [0.29, 0.717) is 5.69 Å². The topological polar surface area (TPSA) is 78.3 Å². The molecule has 1 aliphatic rings. The third-order valence-corrected chi connectivity index (χ3v) is 3.28. The number of carboxylic acids is 1. The largest absolute Gasteiger partial charge is 0.476 e. The van der Waals surface area contributed by atoms with Gasteiger partial charge in [0.05, 0.1) is 11.2 Å². The number of nitrogens with one attached hydrogen (secondary N) is 1. The number of carbonyl (C=O) groups is 1. The van der Waals surface area contributed by atoms with Crippen LogP contribution in [-0.2, 0) is 0 Å². The van der Waals surface area contributed by atoms with E-state index in [-0.39, 0.29) is 5.69 Å². The molecule has 1 saturated heterocycles. The Morgan fingerprint density at radius 3 is 2.68 bits per heavy atom. The zero-order valence-electron chi connectivity index (χ0n) is 10.3. The van der Waals surface area contributed by atoms with Crippen LogP contribution in [0.1, 0.15) is 10.5 Å². The Balaban J connectivity index is 2.21. The third kappa shape index (κ3) is 2.10. The minimum Gasteiger partial charge on any atom is -0.476 e. The highest BCUT2D eigenvalue weighted by Gasteiger charge is 2.22. The van der Waals surface area contributed by atoms with Gasteiger partial charge in [0.2, 0.25) is 0 Å². The van der Waals surface area contributed by atoms with E-state index in [1.54, 1.807) is 0 Å². The van der Waals surface area contributed by atoms with E-state index in [1.807, 2.05) is 24.3 Å². The van der Waals surface area contributed by atoms with Crippen molar-refractivity contribution in [1.82, 2.24) is 15.5 Å². The van der Waals surface area contributed by atoms with Crippen LogP contribution in [0.15, 0.2) is 24.3 Å². The van der Waals surface area contributed by atoms with Gasteiger partial charge < -0.3 is 15.3 Å². The molecule has 2 N–H and O–H groups in total. The number of anilines is 1. The van der Waals surface area contributed by atoms with Crippen molar-refractivity contribution in [3.8, 4) is 0 Å². The number of carboxylic acid groups (broad SMARTS) is 1. The number of aromatic carboxylic acids is 1. The molecule has 0 amide bonds. The molecule has 0 saturated carbocycles. The van der Waals surface area contributed by atoms with Crippen LogP contribution in [0.2, 0.25) is 0 Å². The van der Waals surface area contributed by atoms with Gasteiger partial charge in [-0.1, -0.05) is 18.2 Å². The van der Waals surface area contributed by atoms with Crippen molar-refractivity contribution in [2.24, 2.45) is 0 Å². The summed E-state index contributed by atoms with van der Waals surface area (Å²) in [6, 6.07) is 7.51. The first kappa shape index (κ1) is 11.9. The molecule has 0 spiro atoms. The first-order valence-electron chi connectivity index (χ1n) is 6.22. The standard InChI is InChI=1S/C13H14N4O2/c18-13(19)11-12(17-7-5-14-6-8-17)9-3-1-2-4-10(9)15-16-11/h1-4,14H,5-8H2,(H,18,19). The fourth-order valence-corrected chi connectivity index (χ4v) is 2.39. The Hall–Kier alpha value is -2.21. The van der Waals surface area contributed by atoms with Crippen LogP contribution < -0.4 is 10.2 Å². The van der Waals surface area contributed by atoms with E-state index < -0.39 is 5.97 Å². The molecule has 3 rings (SSSR count). The Morgan fingerprint density at radius 1 is 1.21 bits per heavy atom. The van der Waals surface area contributed by atoms with Gasteiger partial charge in [0.1, 0.15) is 0 Å². The van der Waals surface area contributed by atoms with E-state index in [0.717, 1.165) is 37.1 Å². The van der Waals surface area contributed by atoms with Crippen LogP contribution in [-0.4, -0.2) is 47.5 Å². The first-order valence-corrected chi connectivity index (χ1v) is 6.22. The summed E-state index contributed by atoms with van der Waals surface area (Å²) in [5, 5.41) is 21.3. The fraction of sp³-hybridized carbons (Fsp3) is 0.308. The molecule has 2 aromatic rings. The highest BCUT2D eigenvalue weighted by Crippen LogP contribution is 2.28. The SMILES string of the molecule is O=C(O)c1nnc2ccccc2c1N1CCNCC1. The highest BCUT2D eigenvalue weighted by atomic mass is 16.4. The van der Waals surface area contributed by atoms with Gasteiger partial charge in [-0.3, -0.25) is 0 Å². The lowest BCUT2D eigenvalue weighted by atomic mass is 10.1. The molecule has 19 heavy (non-hydrogen) atoms. The highest BCUT2D eigenvalue weighted by molar-refractivity contribution is 6.02. The van der Waals surface area contributed by atoms with Gasteiger partial charge in [0.25, 0.3) is 0 Å². The van der Waals surface area contributed by atoms with E-state index in [2.05, 4.69) is 20.4 Å². The number of hydrogen-bond acceptors (Lipinski definition) is 5. The molecular weight excluding hydrogens is 244 g/mol. The van der Waals surface area contributed by atoms with Crippen LogP contribution in [0, 0.1) is 0 Å². The van der Waals surface area contributed by atoms with E-state index in [4.69, 9.17) is 0 Å². The summed E-state index contributed by atoms with van der Waals surface area (Å²) >= 11 is 0. The molecule has 1 aromatic carbocycles. The quantitative estimate of drug-likeness (QED) is 0.827. The van der Waals surface area contributed by atoms with Crippen molar-refractivity contribution in [3.05, 3.63) is 30.0 Å². The number of nitrogens with zero attached hydrogens (tertiary/aromatic N) is 3. The molecule has 98 valence electrons. The average molecular weight is 258 g/mol. The number of aromatic nitrogens is 2. The summed E-state index contributed by atoms with van der Waals surface area (Å²) in [6.45, 7) is 3.23. The van der Waals surface area contributed by atoms with E-state index in [1.165, 1.54) is 0 Å². The number of piperazine rings is 1. The van der Waals surface area contributed by atoms with Crippen molar-refractivity contribution in [3.63, 3.8) is 0 Å². The molecular formula is C13H14N4O2. The molecule has 0 aliphatic carbocycles. The van der Waals surface area contributed by atoms with Crippen LogP contribution in [0.3, 0.4) is 0 Å².